The summed E-state index contributed by atoms with van der Waals surface area (Å²) in [6, 6.07) is 6.98. The van der Waals surface area contributed by atoms with Gasteiger partial charge in [0.2, 0.25) is 23.6 Å². The van der Waals surface area contributed by atoms with Gasteiger partial charge in [-0.3, -0.25) is 24.0 Å². The number of nitrogens with one attached hydrogen (secondary N) is 3. The number of carbonyl (C=O) groups excluding carboxylic acids is 4. The van der Waals surface area contributed by atoms with E-state index in [1.165, 1.54) is 0 Å². The van der Waals surface area contributed by atoms with Crippen LogP contribution in [-0.2, 0) is 30.4 Å². The molecule has 0 aliphatic heterocycles. The second-order valence-corrected chi connectivity index (χ2v) is 6.25. The van der Waals surface area contributed by atoms with Crippen LogP contribution in [0.4, 0.5) is 0 Å². The van der Waals surface area contributed by atoms with Gasteiger partial charge in [-0.05, 0) is 18.4 Å². The van der Waals surface area contributed by atoms with Crippen molar-refractivity contribution in [2.24, 2.45) is 11.5 Å². The normalized spacial score (nSPS) is 12.3. The number of rotatable bonds is 12. The molecule has 11 nitrogen and oxygen atoms in total. The molecule has 158 valence electrons. The first-order valence-electron chi connectivity index (χ1n) is 8.83. The number of benzene rings is 1. The molecule has 1 rings (SSSR count). The lowest BCUT2D eigenvalue weighted by atomic mass is 10.0. The van der Waals surface area contributed by atoms with Crippen molar-refractivity contribution >= 4 is 29.6 Å². The Morgan fingerprint density at radius 3 is 2.21 bits per heavy atom. The Hall–Kier alpha value is -3.47. The topological polar surface area (TPSA) is 194 Å². The van der Waals surface area contributed by atoms with E-state index in [2.05, 4.69) is 16.0 Å². The van der Waals surface area contributed by atoms with E-state index >= 15 is 0 Å². The van der Waals surface area contributed by atoms with E-state index in [1.807, 2.05) is 6.07 Å². The number of aliphatic carboxylic acids is 1. The van der Waals surface area contributed by atoms with E-state index in [9.17, 15) is 24.0 Å². The van der Waals surface area contributed by atoms with Crippen LogP contribution in [0.3, 0.4) is 0 Å². The van der Waals surface area contributed by atoms with Crippen molar-refractivity contribution in [3.05, 3.63) is 35.9 Å². The van der Waals surface area contributed by atoms with E-state index in [-0.39, 0.29) is 19.3 Å². The average molecular weight is 407 g/mol. The molecule has 11 heteroatoms. The van der Waals surface area contributed by atoms with E-state index < -0.39 is 54.8 Å². The maximum atomic E-state index is 12.3. The quantitative estimate of drug-likeness (QED) is 0.223. The van der Waals surface area contributed by atoms with Crippen LogP contribution < -0.4 is 27.4 Å². The van der Waals surface area contributed by atoms with Gasteiger partial charge in [0.25, 0.3) is 0 Å². The number of amides is 4. The highest BCUT2D eigenvalue weighted by molar-refractivity contribution is 5.92. The van der Waals surface area contributed by atoms with Crippen molar-refractivity contribution in [2.75, 3.05) is 13.1 Å². The number of primary amides is 1. The van der Waals surface area contributed by atoms with E-state index in [1.54, 1.807) is 24.3 Å². The van der Waals surface area contributed by atoms with Crippen molar-refractivity contribution < 1.29 is 29.1 Å². The molecule has 0 spiro atoms. The fourth-order valence-electron chi connectivity index (χ4n) is 2.32. The van der Waals surface area contributed by atoms with Gasteiger partial charge in [-0.2, -0.15) is 0 Å². The minimum atomic E-state index is -1.23. The highest BCUT2D eigenvalue weighted by Gasteiger charge is 2.24. The molecule has 1 aromatic rings. The molecule has 0 fully saturated rings. The highest BCUT2D eigenvalue weighted by atomic mass is 16.4. The molecule has 2 unspecified atom stereocenters. The molecular formula is C18H25N5O6. The Bertz CT molecular complexity index is 740. The summed E-state index contributed by atoms with van der Waals surface area (Å²) in [6.07, 6.45) is -0.00631. The predicted molar refractivity (Wildman–Crippen MR) is 102 cm³/mol. The average Bonchev–Trinajstić information content (AvgIpc) is 2.67. The second kappa shape index (κ2) is 12.1. The third-order valence-corrected chi connectivity index (χ3v) is 3.81. The molecule has 0 bridgehead atoms. The van der Waals surface area contributed by atoms with Gasteiger partial charge in [-0.1, -0.05) is 30.3 Å². The molecule has 0 heterocycles. The number of carboxylic acid groups (broad SMARTS) is 1. The van der Waals surface area contributed by atoms with Crippen molar-refractivity contribution in [3.63, 3.8) is 0 Å². The summed E-state index contributed by atoms with van der Waals surface area (Å²) in [5, 5.41) is 15.3. The summed E-state index contributed by atoms with van der Waals surface area (Å²) in [4.78, 5) is 57.6. The van der Waals surface area contributed by atoms with E-state index in [4.69, 9.17) is 16.6 Å². The van der Waals surface area contributed by atoms with Gasteiger partial charge in [-0.25, -0.2) is 0 Å². The molecule has 0 aliphatic carbocycles. The zero-order chi connectivity index (χ0) is 21.8. The summed E-state index contributed by atoms with van der Waals surface area (Å²) in [5.41, 5.74) is 11.8. The summed E-state index contributed by atoms with van der Waals surface area (Å²) in [7, 11) is 0. The highest BCUT2D eigenvalue weighted by Crippen LogP contribution is 2.04. The monoisotopic (exact) mass is 407 g/mol. The van der Waals surface area contributed by atoms with Crippen molar-refractivity contribution in [1.82, 2.24) is 16.0 Å². The third-order valence-electron chi connectivity index (χ3n) is 3.81. The Morgan fingerprint density at radius 2 is 1.62 bits per heavy atom. The van der Waals surface area contributed by atoms with Gasteiger partial charge < -0.3 is 32.5 Å². The van der Waals surface area contributed by atoms with Gasteiger partial charge in [0, 0.05) is 6.42 Å². The van der Waals surface area contributed by atoms with E-state index in [0.717, 1.165) is 5.56 Å². The van der Waals surface area contributed by atoms with Gasteiger partial charge >= 0.3 is 5.97 Å². The number of carboxylic acids is 1. The lowest BCUT2D eigenvalue weighted by molar-refractivity contribution is -0.138. The molecule has 0 saturated heterocycles. The van der Waals surface area contributed by atoms with Crippen molar-refractivity contribution in [3.8, 4) is 0 Å². The molecule has 0 radical (unpaired) electrons. The largest absolute Gasteiger partial charge is 0.480 e. The van der Waals surface area contributed by atoms with Crippen LogP contribution in [0.1, 0.15) is 18.4 Å². The van der Waals surface area contributed by atoms with Crippen LogP contribution >= 0.6 is 0 Å². The first kappa shape index (κ1) is 23.6. The Balaban J connectivity index is 2.64. The molecule has 0 saturated carbocycles. The summed E-state index contributed by atoms with van der Waals surface area (Å²) < 4.78 is 0. The fourth-order valence-corrected chi connectivity index (χ4v) is 2.32. The van der Waals surface area contributed by atoms with Crippen LogP contribution in [0.15, 0.2) is 30.3 Å². The molecule has 0 aliphatic rings. The molecule has 4 amide bonds. The number of nitrogens with two attached hydrogens (primary N) is 2. The van der Waals surface area contributed by atoms with Crippen LogP contribution in [0.2, 0.25) is 0 Å². The second-order valence-electron chi connectivity index (χ2n) is 6.25. The summed E-state index contributed by atoms with van der Waals surface area (Å²) in [5.74, 6) is -3.94. The third kappa shape index (κ3) is 9.86. The molecule has 0 aromatic heterocycles. The van der Waals surface area contributed by atoms with Crippen molar-refractivity contribution in [1.29, 1.82) is 0 Å². The standard InChI is InChI=1S/C18H25N5O6/c19-12(8-11-4-2-1-3-5-11)17(28)23-13(6-7-14(20)24)18(29)22-9-15(25)21-10-16(26)27/h1-5,12-13H,6-10,19H2,(H2,20,24)(H,21,25)(H,22,29)(H,23,28)(H,26,27). The maximum absolute atomic E-state index is 12.3. The minimum Gasteiger partial charge on any atom is -0.480 e. The van der Waals surface area contributed by atoms with Crippen LogP contribution in [0.25, 0.3) is 0 Å². The van der Waals surface area contributed by atoms with E-state index in [0.29, 0.717) is 0 Å². The SMILES string of the molecule is NC(=O)CCC(NC(=O)C(N)Cc1ccccc1)C(=O)NCC(=O)NCC(=O)O. The van der Waals surface area contributed by atoms with Crippen LogP contribution in [-0.4, -0.2) is 59.9 Å². The van der Waals surface area contributed by atoms with Crippen molar-refractivity contribution in [2.45, 2.75) is 31.3 Å². The van der Waals surface area contributed by atoms with Gasteiger partial charge in [0.1, 0.15) is 12.6 Å². The maximum Gasteiger partial charge on any atom is 0.322 e. The lowest BCUT2D eigenvalue weighted by Crippen LogP contribution is -2.53. The number of hydrogen-bond acceptors (Lipinski definition) is 6. The molecule has 8 N–H and O–H groups in total. The Labute approximate surface area is 167 Å². The first-order valence-corrected chi connectivity index (χ1v) is 8.83. The summed E-state index contributed by atoms with van der Waals surface area (Å²) >= 11 is 0. The summed E-state index contributed by atoms with van der Waals surface area (Å²) in [6.45, 7) is -1.09. The van der Waals surface area contributed by atoms with Gasteiger partial charge in [0.15, 0.2) is 0 Å². The molecule has 29 heavy (non-hydrogen) atoms. The first-order chi connectivity index (χ1) is 13.7. The predicted octanol–water partition coefficient (Wildman–Crippen LogP) is -2.38. The molecular weight excluding hydrogens is 382 g/mol. The lowest BCUT2D eigenvalue weighted by Gasteiger charge is -2.20. The zero-order valence-corrected chi connectivity index (χ0v) is 15.7. The Kier molecular flexibility index (Phi) is 9.82. The van der Waals surface area contributed by atoms with Gasteiger partial charge in [-0.15, -0.1) is 0 Å². The van der Waals surface area contributed by atoms with Crippen LogP contribution in [0, 0.1) is 0 Å². The fraction of sp³-hybridized carbons (Fsp3) is 0.389. The zero-order valence-electron chi connectivity index (χ0n) is 15.7. The number of carbonyl (C=O) groups is 5. The molecule has 2 atom stereocenters. The van der Waals surface area contributed by atoms with Gasteiger partial charge in [0.05, 0.1) is 12.6 Å². The van der Waals surface area contributed by atoms with Crippen LogP contribution in [0.5, 0.6) is 0 Å². The number of hydrogen-bond donors (Lipinski definition) is 6. The molecule has 1 aromatic carbocycles. The Morgan fingerprint density at radius 1 is 0.966 bits per heavy atom. The smallest absolute Gasteiger partial charge is 0.322 e. The minimum absolute atomic E-state index is 0.0816.